The maximum atomic E-state index is 10.8. The number of aromatic nitrogens is 2. The van der Waals surface area contributed by atoms with Gasteiger partial charge in [-0.25, -0.2) is 0 Å². The Balaban J connectivity index is 1.97. The number of anilines is 1. The van der Waals surface area contributed by atoms with Crippen LogP contribution in [-0.4, -0.2) is 15.1 Å². The van der Waals surface area contributed by atoms with E-state index in [4.69, 9.17) is 10.3 Å². The number of benzene rings is 1. The minimum atomic E-state index is -0.482. The van der Waals surface area contributed by atoms with E-state index >= 15 is 0 Å². The number of non-ortho nitro benzene ring substituents is 1. The van der Waals surface area contributed by atoms with E-state index in [0.717, 1.165) is 6.42 Å². The van der Waals surface area contributed by atoms with Gasteiger partial charge in [0.2, 0.25) is 0 Å². The second kappa shape index (κ2) is 4.03. The van der Waals surface area contributed by atoms with Crippen molar-refractivity contribution >= 4 is 11.4 Å². The van der Waals surface area contributed by atoms with E-state index in [9.17, 15) is 10.1 Å². The Kier molecular flexibility index (Phi) is 2.53. The topological polar surface area (TPSA) is 108 Å². The van der Waals surface area contributed by atoms with Crippen molar-refractivity contribution in [3.63, 3.8) is 0 Å². The Morgan fingerprint density at radius 1 is 1.50 bits per heavy atom. The van der Waals surface area contributed by atoms with Crippen molar-refractivity contribution in [2.45, 2.75) is 26.2 Å². The van der Waals surface area contributed by atoms with Gasteiger partial charge >= 0.3 is 0 Å². The first-order chi connectivity index (χ1) is 9.38. The van der Waals surface area contributed by atoms with Crippen LogP contribution in [0.5, 0.6) is 0 Å². The summed E-state index contributed by atoms with van der Waals surface area (Å²) in [5.74, 6) is 1.14. The fraction of sp³-hybridized carbons (Fsp3) is 0.385. The van der Waals surface area contributed by atoms with E-state index in [0.29, 0.717) is 17.1 Å². The summed E-state index contributed by atoms with van der Waals surface area (Å²) in [6.45, 7) is 4.27. The molecule has 1 atom stereocenters. The van der Waals surface area contributed by atoms with E-state index in [2.05, 4.69) is 24.0 Å². The number of hydrogen-bond donors (Lipinski definition) is 1. The zero-order chi connectivity index (χ0) is 14.5. The van der Waals surface area contributed by atoms with E-state index in [1.54, 1.807) is 0 Å². The van der Waals surface area contributed by atoms with Crippen LogP contribution in [0.1, 0.15) is 32.0 Å². The van der Waals surface area contributed by atoms with Crippen LogP contribution in [-0.2, 0) is 0 Å². The zero-order valence-electron chi connectivity index (χ0n) is 11.2. The summed E-state index contributed by atoms with van der Waals surface area (Å²) in [6.07, 6.45) is 1.01. The molecule has 0 spiro atoms. The molecule has 7 heteroatoms. The SMILES string of the molecule is CC1(C)CC1c1noc(-c2cc([N+](=O)[O-])ccc2N)n1. The standard InChI is InChI=1S/C13H14N4O3/c1-13(2)6-9(13)11-15-12(20-16-11)8-5-7(17(18)19)3-4-10(8)14/h3-5,9H,6,14H2,1-2H3. The van der Waals surface area contributed by atoms with Gasteiger partial charge in [0.25, 0.3) is 11.6 Å². The lowest BCUT2D eigenvalue weighted by molar-refractivity contribution is -0.384. The first-order valence-electron chi connectivity index (χ1n) is 6.26. The molecule has 1 aliphatic carbocycles. The number of nitro groups is 1. The number of hydrogen-bond acceptors (Lipinski definition) is 6. The summed E-state index contributed by atoms with van der Waals surface area (Å²) in [4.78, 5) is 14.6. The Morgan fingerprint density at radius 3 is 2.80 bits per heavy atom. The lowest BCUT2D eigenvalue weighted by Gasteiger charge is -2.00. The Labute approximate surface area is 114 Å². The van der Waals surface area contributed by atoms with Crippen LogP contribution >= 0.6 is 0 Å². The van der Waals surface area contributed by atoms with Crippen molar-refractivity contribution < 1.29 is 9.45 Å². The normalized spacial score (nSPS) is 19.8. The van der Waals surface area contributed by atoms with Gasteiger partial charge in [-0.05, 0) is 17.9 Å². The van der Waals surface area contributed by atoms with Crippen molar-refractivity contribution in [3.05, 3.63) is 34.1 Å². The molecule has 2 aromatic rings. The Morgan fingerprint density at radius 2 is 2.20 bits per heavy atom. The molecule has 0 radical (unpaired) electrons. The molecule has 1 heterocycles. The molecule has 7 nitrogen and oxygen atoms in total. The van der Waals surface area contributed by atoms with Gasteiger partial charge in [-0.15, -0.1) is 0 Å². The predicted molar refractivity (Wildman–Crippen MR) is 71.9 cm³/mol. The average Bonchev–Trinajstić information content (AvgIpc) is 2.83. The fourth-order valence-electron chi connectivity index (χ4n) is 2.24. The van der Waals surface area contributed by atoms with Crippen LogP contribution in [0, 0.1) is 15.5 Å². The first kappa shape index (κ1) is 12.6. The largest absolute Gasteiger partial charge is 0.398 e. The molecule has 0 amide bonds. The number of rotatable bonds is 3. The highest BCUT2D eigenvalue weighted by molar-refractivity contribution is 5.73. The molecule has 1 saturated carbocycles. The zero-order valence-corrected chi connectivity index (χ0v) is 11.2. The molecule has 1 aromatic heterocycles. The van der Waals surface area contributed by atoms with Gasteiger partial charge in [0.05, 0.1) is 10.5 Å². The summed E-state index contributed by atoms with van der Waals surface area (Å²) in [5, 5.41) is 14.8. The second-order valence-corrected chi connectivity index (χ2v) is 5.73. The van der Waals surface area contributed by atoms with Crippen molar-refractivity contribution in [1.82, 2.24) is 10.1 Å². The van der Waals surface area contributed by atoms with Crippen molar-refractivity contribution in [1.29, 1.82) is 0 Å². The predicted octanol–water partition coefficient (Wildman–Crippen LogP) is 2.74. The molecule has 0 bridgehead atoms. The summed E-state index contributed by atoms with van der Waals surface area (Å²) in [7, 11) is 0. The number of nitro benzene ring substituents is 1. The minimum Gasteiger partial charge on any atom is -0.398 e. The lowest BCUT2D eigenvalue weighted by atomic mass is 10.1. The quantitative estimate of drug-likeness (QED) is 0.523. The van der Waals surface area contributed by atoms with Crippen LogP contribution in [0.4, 0.5) is 11.4 Å². The summed E-state index contributed by atoms with van der Waals surface area (Å²) >= 11 is 0. The third-order valence-corrected chi connectivity index (χ3v) is 3.74. The van der Waals surface area contributed by atoms with Crippen molar-refractivity contribution in [2.75, 3.05) is 5.73 Å². The highest BCUT2D eigenvalue weighted by Crippen LogP contribution is 2.57. The Hall–Kier alpha value is -2.44. The smallest absolute Gasteiger partial charge is 0.270 e. The number of nitrogen functional groups attached to an aromatic ring is 1. The first-order valence-corrected chi connectivity index (χ1v) is 6.26. The molecule has 1 aromatic carbocycles. The Bertz CT molecular complexity index is 693. The summed E-state index contributed by atoms with van der Waals surface area (Å²) in [6, 6.07) is 4.17. The third kappa shape index (κ3) is 2.01. The van der Waals surface area contributed by atoms with Gasteiger partial charge in [0.15, 0.2) is 5.82 Å². The molecular weight excluding hydrogens is 260 g/mol. The highest BCUT2D eigenvalue weighted by atomic mass is 16.6. The summed E-state index contributed by atoms with van der Waals surface area (Å²) in [5.41, 5.74) is 6.74. The third-order valence-electron chi connectivity index (χ3n) is 3.74. The lowest BCUT2D eigenvalue weighted by Crippen LogP contribution is -1.95. The molecule has 0 saturated heterocycles. The van der Waals surface area contributed by atoms with Crippen LogP contribution in [0.2, 0.25) is 0 Å². The van der Waals surface area contributed by atoms with Gasteiger partial charge in [0, 0.05) is 23.7 Å². The van der Waals surface area contributed by atoms with Crippen LogP contribution < -0.4 is 5.73 Å². The molecule has 1 aliphatic rings. The molecular formula is C13H14N4O3. The van der Waals surface area contributed by atoms with Gasteiger partial charge < -0.3 is 10.3 Å². The van der Waals surface area contributed by atoms with E-state index in [-0.39, 0.29) is 22.9 Å². The van der Waals surface area contributed by atoms with E-state index in [1.807, 2.05) is 0 Å². The van der Waals surface area contributed by atoms with E-state index < -0.39 is 4.92 Å². The molecule has 1 fully saturated rings. The highest BCUT2D eigenvalue weighted by Gasteiger charge is 2.49. The maximum absolute atomic E-state index is 10.8. The minimum absolute atomic E-state index is 0.0549. The van der Waals surface area contributed by atoms with Crippen LogP contribution in [0.15, 0.2) is 22.7 Å². The molecule has 1 unspecified atom stereocenters. The monoisotopic (exact) mass is 274 g/mol. The van der Waals surface area contributed by atoms with Gasteiger partial charge in [-0.3, -0.25) is 10.1 Å². The average molecular weight is 274 g/mol. The molecule has 20 heavy (non-hydrogen) atoms. The maximum Gasteiger partial charge on any atom is 0.270 e. The number of nitrogens with two attached hydrogens (primary N) is 1. The van der Waals surface area contributed by atoms with Gasteiger partial charge in [0.1, 0.15) is 0 Å². The van der Waals surface area contributed by atoms with Crippen molar-refractivity contribution in [2.24, 2.45) is 5.41 Å². The number of nitrogens with zero attached hydrogens (tertiary/aromatic N) is 3. The molecule has 3 rings (SSSR count). The van der Waals surface area contributed by atoms with Gasteiger partial charge in [-0.1, -0.05) is 19.0 Å². The molecule has 0 aliphatic heterocycles. The fourth-order valence-corrected chi connectivity index (χ4v) is 2.24. The summed E-state index contributed by atoms with van der Waals surface area (Å²) < 4.78 is 5.20. The molecule has 2 N–H and O–H groups in total. The van der Waals surface area contributed by atoms with E-state index in [1.165, 1.54) is 18.2 Å². The second-order valence-electron chi connectivity index (χ2n) is 5.73. The van der Waals surface area contributed by atoms with Gasteiger partial charge in [-0.2, -0.15) is 4.98 Å². The van der Waals surface area contributed by atoms with Crippen molar-refractivity contribution in [3.8, 4) is 11.5 Å². The molecule has 104 valence electrons. The van der Waals surface area contributed by atoms with Crippen LogP contribution in [0.3, 0.4) is 0 Å². The van der Waals surface area contributed by atoms with Crippen LogP contribution in [0.25, 0.3) is 11.5 Å².